The van der Waals surface area contributed by atoms with Crippen molar-refractivity contribution in [1.29, 1.82) is 0 Å². The third kappa shape index (κ3) is 5.05. The van der Waals surface area contributed by atoms with Crippen LogP contribution in [0.25, 0.3) is 10.9 Å². The van der Waals surface area contributed by atoms with Gasteiger partial charge >= 0.3 is 0 Å². The summed E-state index contributed by atoms with van der Waals surface area (Å²) in [5, 5.41) is 13.7. The monoisotopic (exact) mass is 499 g/mol. The summed E-state index contributed by atoms with van der Waals surface area (Å²) >= 11 is 14.3. The van der Waals surface area contributed by atoms with Crippen molar-refractivity contribution in [3.63, 3.8) is 0 Å². The Morgan fingerprint density at radius 2 is 2.06 bits per heavy atom. The molecule has 4 N–H and O–H groups in total. The molecule has 2 aromatic carbocycles. The van der Waals surface area contributed by atoms with Crippen LogP contribution in [0.5, 0.6) is 0 Å². The molecular formula is C23H23Cl2N7S. The predicted octanol–water partition coefficient (Wildman–Crippen LogP) is 5.32. The lowest BCUT2D eigenvalue weighted by molar-refractivity contribution is 0.353. The van der Waals surface area contributed by atoms with E-state index in [4.69, 9.17) is 28.2 Å². The molecule has 0 radical (unpaired) electrons. The van der Waals surface area contributed by atoms with E-state index in [2.05, 4.69) is 68.2 Å². The first-order valence-electron chi connectivity index (χ1n) is 10.5. The lowest BCUT2D eigenvalue weighted by atomic mass is 10.1. The van der Waals surface area contributed by atoms with Crippen LogP contribution in [0.1, 0.15) is 23.7 Å². The summed E-state index contributed by atoms with van der Waals surface area (Å²) in [6.45, 7) is 0.756. The highest BCUT2D eigenvalue weighted by atomic mass is 35.5. The Balaban J connectivity index is 1.21. The lowest BCUT2D eigenvalue weighted by Crippen LogP contribution is -2.37. The number of nitrogens with one attached hydrogen (secondary N) is 4. The zero-order chi connectivity index (χ0) is 22.8. The molecule has 0 fully saturated rings. The van der Waals surface area contributed by atoms with Gasteiger partial charge < -0.3 is 5.32 Å². The van der Waals surface area contributed by atoms with Crippen molar-refractivity contribution >= 4 is 57.7 Å². The molecule has 0 saturated heterocycles. The molecule has 170 valence electrons. The number of aromatic amines is 1. The summed E-state index contributed by atoms with van der Waals surface area (Å²) in [6.07, 6.45) is 8.72. The van der Waals surface area contributed by atoms with Crippen LogP contribution >= 0.6 is 35.1 Å². The highest BCUT2D eigenvalue weighted by Gasteiger charge is 2.24. The van der Waals surface area contributed by atoms with E-state index < -0.39 is 0 Å². The van der Waals surface area contributed by atoms with Gasteiger partial charge in [-0.3, -0.25) is 14.8 Å². The van der Waals surface area contributed by atoms with E-state index in [0.717, 1.165) is 40.0 Å². The second-order valence-electron chi connectivity index (χ2n) is 7.81. The standard InChI is InChI=1S/C23H23Cl2N7S/c1-32-23(28-20-10-9-19-18(21(20)25)13-26-30-19)29-22(31-32)15-7-5-14(6-8-15)12-27-33-17-4-2-3-16(24)11-17/h2,4-11,13,16,22,27,31H,3,12H2,1H3,(H,26,30)(H,28,29). The molecule has 1 aliphatic heterocycles. The fraction of sp³-hybridized carbons (Fsp3) is 0.217. The third-order valence-corrected chi connectivity index (χ3v) is 6.95. The Labute approximate surface area is 206 Å². The number of guanidine groups is 1. The average molecular weight is 500 g/mol. The molecule has 1 aromatic heterocycles. The molecule has 0 bridgehead atoms. The Morgan fingerprint density at radius 3 is 2.88 bits per heavy atom. The van der Waals surface area contributed by atoms with Crippen molar-refractivity contribution in [2.75, 3.05) is 12.4 Å². The Hall–Kier alpha value is -2.49. The first kappa shape index (κ1) is 22.3. The van der Waals surface area contributed by atoms with E-state index in [-0.39, 0.29) is 11.5 Å². The van der Waals surface area contributed by atoms with Crippen molar-refractivity contribution < 1.29 is 0 Å². The zero-order valence-electron chi connectivity index (χ0n) is 17.8. The normalized spacial score (nSPS) is 20.3. The van der Waals surface area contributed by atoms with E-state index in [1.807, 2.05) is 24.2 Å². The highest BCUT2D eigenvalue weighted by Crippen LogP contribution is 2.31. The number of allylic oxidation sites excluding steroid dienone is 3. The number of hydrogen-bond acceptors (Lipinski definition) is 7. The van der Waals surface area contributed by atoms with Crippen molar-refractivity contribution in [3.05, 3.63) is 81.9 Å². The Morgan fingerprint density at radius 1 is 1.21 bits per heavy atom. The minimum atomic E-state index is -0.177. The molecule has 2 unspecified atom stereocenters. The van der Waals surface area contributed by atoms with E-state index in [0.29, 0.717) is 11.0 Å². The number of halogens is 2. The topological polar surface area (TPSA) is 80.4 Å². The number of H-pyrrole nitrogens is 1. The van der Waals surface area contributed by atoms with Crippen molar-refractivity contribution in [3.8, 4) is 0 Å². The highest BCUT2D eigenvalue weighted by molar-refractivity contribution is 8.01. The van der Waals surface area contributed by atoms with Crippen molar-refractivity contribution in [2.24, 2.45) is 4.99 Å². The van der Waals surface area contributed by atoms with Crippen molar-refractivity contribution in [2.45, 2.75) is 24.5 Å². The quantitative estimate of drug-likeness (QED) is 0.271. The molecule has 1 aliphatic carbocycles. The number of aliphatic imine (C=N–C) groups is 1. The number of alkyl halides is 1. The maximum atomic E-state index is 6.54. The SMILES string of the molecule is CN1NC(c2ccc(CNSC3=CC(Cl)CC=C3)cc2)N=C1Nc1ccc2[nH]ncc2c1Cl. The van der Waals surface area contributed by atoms with Gasteiger partial charge in [0.25, 0.3) is 0 Å². The first-order chi connectivity index (χ1) is 16.1. The summed E-state index contributed by atoms with van der Waals surface area (Å²) in [4.78, 5) is 5.94. The van der Waals surface area contributed by atoms with E-state index in [9.17, 15) is 0 Å². The number of aromatic nitrogens is 2. The van der Waals surface area contributed by atoms with Crippen LogP contribution in [0.4, 0.5) is 5.69 Å². The maximum absolute atomic E-state index is 6.54. The molecular weight excluding hydrogens is 477 g/mol. The van der Waals surface area contributed by atoms with Gasteiger partial charge in [0.2, 0.25) is 5.96 Å². The summed E-state index contributed by atoms with van der Waals surface area (Å²) in [5.41, 5.74) is 7.31. The molecule has 7 nitrogen and oxygen atoms in total. The number of fused-ring (bicyclic) bond motifs is 1. The number of anilines is 1. The van der Waals surface area contributed by atoms with Gasteiger partial charge in [-0.15, -0.1) is 11.6 Å². The van der Waals surface area contributed by atoms with Crippen LogP contribution in [-0.2, 0) is 6.54 Å². The predicted molar refractivity (Wildman–Crippen MR) is 138 cm³/mol. The molecule has 10 heteroatoms. The fourth-order valence-corrected chi connectivity index (χ4v) is 5.03. The minimum absolute atomic E-state index is 0.0835. The maximum Gasteiger partial charge on any atom is 0.215 e. The number of hydrazine groups is 1. The van der Waals surface area contributed by atoms with Crippen molar-refractivity contribution in [1.82, 2.24) is 25.4 Å². The van der Waals surface area contributed by atoms with Gasteiger partial charge in [-0.2, -0.15) is 5.10 Å². The van der Waals surface area contributed by atoms with E-state index >= 15 is 0 Å². The fourth-order valence-electron chi connectivity index (χ4n) is 3.65. The molecule has 0 saturated carbocycles. The summed E-state index contributed by atoms with van der Waals surface area (Å²) < 4.78 is 3.40. The number of benzene rings is 2. The summed E-state index contributed by atoms with van der Waals surface area (Å²) in [6, 6.07) is 12.3. The molecule has 0 spiro atoms. The van der Waals surface area contributed by atoms with Crippen LogP contribution in [0, 0.1) is 0 Å². The van der Waals surface area contributed by atoms with Gasteiger partial charge in [-0.25, -0.2) is 10.4 Å². The van der Waals surface area contributed by atoms with Gasteiger partial charge in [-0.05, 0) is 41.6 Å². The van der Waals surface area contributed by atoms with Gasteiger partial charge in [0.15, 0.2) is 0 Å². The zero-order valence-corrected chi connectivity index (χ0v) is 20.2. The largest absolute Gasteiger partial charge is 0.324 e. The smallest absolute Gasteiger partial charge is 0.215 e. The van der Waals surface area contributed by atoms with Gasteiger partial charge in [0, 0.05) is 23.9 Å². The molecule has 5 rings (SSSR count). The van der Waals surface area contributed by atoms with Gasteiger partial charge in [0.1, 0.15) is 6.17 Å². The average Bonchev–Trinajstić information content (AvgIpc) is 3.44. The number of nitrogens with zero attached hydrogens (tertiary/aromatic N) is 3. The molecule has 2 heterocycles. The van der Waals surface area contributed by atoms with Crippen LogP contribution in [0.2, 0.25) is 5.02 Å². The van der Waals surface area contributed by atoms with Gasteiger partial charge in [0.05, 0.1) is 27.8 Å². The summed E-state index contributed by atoms with van der Waals surface area (Å²) in [5.74, 6) is 0.693. The second kappa shape index (κ2) is 9.79. The van der Waals surface area contributed by atoms with Crippen LogP contribution < -0.4 is 15.5 Å². The van der Waals surface area contributed by atoms with E-state index in [1.165, 1.54) is 5.56 Å². The third-order valence-electron chi connectivity index (χ3n) is 5.44. The van der Waals surface area contributed by atoms with E-state index in [1.54, 1.807) is 18.1 Å². The molecule has 2 atom stereocenters. The number of rotatable bonds is 6. The number of hydrogen-bond donors (Lipinski definition) is 4. The van der Waals surface area contributed by atoms with Crippen LogP contribution in [0.3, 0.4) is 0 Å². The van der Waals surface area contributed by atoms with Crippen LogP contribution in [-0.4, -0.2) is 33.6 Å². The Bertz CT molecular complexity index is 1240. The van der Waals surface area contributed by atoms with Gasteiger partial charge in [-0.1, -0.05) is 54.1 Å². The molecule has 0 amide bonds. The van der Waals surface area contributed by atoms with Crippen LogP contribution in [0.15, 0.2) is 70.7 Å². The second-order valence-corrected chi connectivity index (χ2v) is 9.72. The minimum Gasteiger partial charge on any atom is -0.324 e. The summed E-state index contributed by atoms with van der Waals surface area (Å²) in [7, 11) is 1.92. The molecule has 33 heavy (non-hydrogen) atoms. The first-order valence-corrected chi connectivity index (χ1v) is 12.2. The molecule has 2 aliphatic rings. The lowest BCUT2D eigenvalue weighted by Gasteiger charge is -2.17. The Kier molecular flexibility index (Phi) is 6.62. The molecule has 3 aromatic rings.